The number of amides is 1. The minimum atomic E-state index is -0.456. The molecule has 0 N–H and O–H groups in total. The molecule has 21 heavy (non-hydrogen) atoms. The van der Waals surface area contributed by atoms with Crippen molar-refractivity contribution < 1.29 is 19.1 Å². The van der Waals surface area contributed by atoms with Crippen molar-refractivity contribution in [3.05, 3.63) is 33.3 Å². The van der Waals surface area contributed by atoms with E-state index in [4.69, 9.17) is 21.1 Å². The van der Waals surface area contributed by atoms with Crippen molar-refractivity contribution in [3.8, 4) is 0 Å². The normalized spacial score (nSPS) is 10.3. The Balaban J connectivity index is 2.90. The first-order chi connectivity index (χ1) is 9.97. The molecular formula is C14H17BrClNO4. The Morgan fingerprint density at radius 2 is 2.05 bits per heavy atom. The van der Waals surface area contributed by atoms with E-state index < -0.39 is 5.97 Å². The summed E-state index contributed by atoms with van der Waals surface area (Å²) in [7, 11) is 1.53. The number of ether oxygens (including phenoxy) is 2. The lowest BCUT2D eigenvalue weighted by atomic mass is 10.2. The quantitative estimate of drug-likeness (QED) is 0.685. The molecule has 0 unspecified atom stereocenters. The Bertz CT molecular complexity index is 489. The summed E-state index contributed by atoms with van der Waals surface area (Å²) in [5.41, 5.74) is 0.398. The van der Waals surface area contributed by atoms with Gasteiger partial charge in [-0.05, 0) is 25.1 Å². The molecule has 0 saturated heterocycles. The van der Waals surface area contributed by atoms with Gasteiger partial charge in [-0.2, -0.15) is 0 Å². The van der Waals surface area contributed by atoms with Crippen molar-refractivity contribution in [2.24, 2.45) is 0 Å². The van der Waals surface area contributed by atoms with Gasteiger partial charge in [-0.1, -0.05) is 27.5 Å². The highest BCUT2D eigenvalue weighted by Crippen LogP contribution is 2.20. The number of nitrogens with zero attached hydrogens (tertiary/aromatic N) is 1. The third kappa shape index (κ3) is 6.03. The number of rotatable bonds is 7. The number of benzene rings is 1. The second-order valence-corrected chi connectivity index (χ2v) is 5.53. The summed E-state index contributed by atoms with van der Waals surface area (Å²) < 4.78 is 10.5. The zero-order valence-electron chi connectivity index (χ0n) is 11.9. The second-order valence-electron chi connectivity index (χ2n) is 4.18. The van der Waals surface area contributed by atoms with Crippen LogP contribution in [0, 0.1) is 0 Å². The Morgan fingerprint density at radius 3 is 2.62 bits per heavy atom. The van der Waals surface area contributed by atoms with Crippen LogP contribution >= 0.6 is 27.5 Å². The van der Waals surface area contributed by atoms with Crippen LogP contribution < -0.4 is 0 Å². The van der Waals surface area contributed by atoms with Gasteiger partial charge in [0.05, 0.1) is 13.2 Å². The molecule has 1 aromatic carbocycles. The fraction of sp³-hybridized carbons (Fsp3) is 0.429. The van der Waals surface area contributed by atoms with E-state index in [0.29, 0.717) is 21.7 Å². The average Bonchev–Trinajstić information content (AvgIpc) is 2.41. The Labute approximate surface area is 137 Å². The van der Waals surface area contributed by atoms with E-state index in [-0.39, 0.29) is 25.6 Å². The number of hydrogen-bond acceptors (Lipinski definition) is 4. The smallest absolute Gasteiger partial charge is 0.325 e. The van der Waals surface area contributed by atoms with Gasteiger partial charge >= 0.3 is 5.97 Å². The maximum absolute atomic E-state index is 12.5. The number of esters is 1. The van der Waals surface area contributed by atoms with E-state index in [1.165, 1.54) is 12.0 Å². The summed E-state index contributed by atoms with van der Waals surface area (Å²) in [5, 5.41) is 0.440. The predicted octanol–water partition coefficient (Wildman–Crippen LogP) is 2.75. The Morgan fingerprint density at radius 1 is 1.33 bits per heavy atom. The molecule has 5 nitrogen and oxygen atoms in total. The van der Waals surface area contributed by atoms with Crippen LogP contribution in [0.2, 0.25) is 5.02 Å². The summed E-state index contributed by atoms with van der Waals surface area (Å²) in [6.07, 6.45) is 0. The number of hydrogen-bond donors (Lipinski definition) is 0. The lowest BCUT2D eigenvalue weighted by molar-refractivity contribution is -0.143. The molecule has 0 aliphatic heterocycles. The molecule has 1 amide bonds. The molecule has 0 aliphatic carbocycles. The van der Waals surface area contributed by atoms with Crippen molar-refractivity contribution >= 4 is 39.4 Å². The van der Waals surface area contributed by atoms with Gasteiger partial charge in [0.15, 0.2) is 0 Å². The highest BCUT2D eigenvalue weighted by atomic mass is 79.9. The summed E-state index contributed by atoms with van der Waals surface area (Å²) in [6, 6.07) is 4.89. The van der Waals surface area contributed by atoms with Gasteiger partial charge in [0.2, 0.25) is 0 Å². The fourth-order valence-corrected chi connectivity index (χ4v) is 2.54. The minimum Gasteiger partial charge on any atom is -0.465 e. The van der Waals surface area contributed by atoms with Crippen LogP contribution in [-0.2, 0) is 14.3 Å². The van der Waals surface area contributed by atoms with Crippen molar-refractivity contribution in [3.63, 3.8) is 0 Å². The van der Waals surface area contributed by atoms with Crippen LogP contribution in [0.15, 0.2) is 22.7 Å². The van der Waals surface area contributed by atoms with Gasteiger partial charge < -0.3 is 14.4 Å². The maximum Gasteiger partial charge on any atom is 0.325 e. The van der Waals surface area contributed by atoms with Crippen LogP contribution in [0.3, 0.4) is 0 Å². The molecule has 0 saturated carbocycles. The van der Waals surface area contributed by atoms with E-state index in [1.54, 1.807) is 25.1 Å². The van der Waals surface area contributed by atoms with E-state index in [2.05, 4.69) is 15.9 Å². The zero-order valence-corrected chi connectivity index (χ0v) is 14.2. The number of methoxy groups -OCH3 is 1. The molecule has 7 heteroatoms. The van der Waals surface area contributed by atoms with E-state index in [0.717, 1.165) is 0 Å². The third-order valence-corrected chi connectivity index (χ3v) is 3.26. The Kier molecular flexibility index (Phi) is 7.71. The Hall–Kier alpha value is -1.11. The minimum absolute atomic E-state index is 0.125. The predicted molar refractivity (Wildman–Crippen MR) is 83.6 cm³/mol. The third-order valence-electron chi connectivity index (χ3n) is 2.59. The molecule has 116 valence electrons. The molecule has 0 aliphatic rings. The molecule has 1 rings (SSSR count). The van der Waals surface area contributed by atoms with Gasteiger partial charge in [0.25, 0.3) is 5.91 Å². The second kappa shape index (κ2) is 9.02. The summed E-state index contributed by atoms with van der Waals surface area (Å²) in [4.78, 5) is 25.4. The van der Waals surface area contributed by atoms with E-state index >= 15 is 0 Å². The SMILES string of the molecule is CCOC(=O)CN(CCOC)C(=O)c1cc(Cl)cc(Br)c1. The maximum atomic E-state index is 12.5. The molecule has 0 aromatic heterocycles. The van der Waals surface area contributed by atoms with Gasteiger partial charge in [-0.15, -0.1) is 0 Å². The molecule has 1 aromatic rings. The number of carbonyl (C=O) groups excluding carboxylic acids is 2. The van der Waals surface area contributed by atoms with Gasteiger partial charge in [0, 0.05) is 28.7 Å². The standard InChI is InChI=1S/C14H17BrClNO4/c1-3-21-13(18)9-17(4-5-20-2)14(19)10-6-11(15)8-12(16)7-10/h6-8H,3-5,9H2,1-2H3. The van der Waals surface area contributed by atoms with Gasteiger partial charge in [0.1, 0.15) is 6.54 Å². The van der Waals surface area contributed by atoms with Crippen LogP contribution in [0.1, 0.15) is 17.3 Å². The first kappa shape index (κ1) is 17.9. The fourth-order valence-electron chi connectivity index (χ4n) is 1.68. The molecule has 0 spiro atoms. The van der Waals surface area contributed by atoms with Crippen molar-refractivity contribution in [2.75, 3.05) is 33.4 Å². The summed E-state index contributed by atoms with van der Waals surface area (Å²) in [6.45, 7) is 2.48. The van der Waals surface area contributed by atoms with Gasteiger partial charge in [-0.25, -0.2) is 0 Å². The van der Waals surface area contributed by atoms with Crippen LogP contribution in [-0.4, -0.2) is 50.2 Å². The topological polar surface area (TPSA) is 55.8 Å². The molecule has 0 bridgehead atoms. The van der Waals surface area contributed by atoms with Crippen LogP contribution in [0.25, 0.3) is 0 Å². The lowest BCUT2D eigenvalue weighted by Crippen LogP contribution is -2.38. The summed E-state index contributed by atoms with van der Waals surface area (Å²) in [5.74, 6) is -0.758. The first-order valence-corrected chi connectivity index (χ1v) is 7.55. The molecular weight excluding hydrogens is 362 g/mol. The molecule has 0 radical (unpaired) electrons. The number of halogens is 2. The summed E-state index contributed by atoms with van der Waals surface area (Å²) >= 11 is 9.23. The van der Waals surface area contributed by atoms with Crippen molar-refractivity contribution in [2.45, 2.75) is 6.92 Å². The molecule has 0 fully saturated rings. The zero-order chi connectivity index (χ0) is 15.8. The highest BCUT2D eigenvalue weighted by Gasteiger charge is 2.20. The van der Waals surface area contributed by atoms with Gasteiger partial charge in [-0.3, -0.25) is 9.59 Å². The molecule has 0 atom stereocenters. The molecule has 0 heterocycles. The largest absolute Gasteiger partial charge is 0.465 e. The number of carbonyl (C=O) groups is 2. The van der Waals surface area contributed by atoms with Crippen molar-refractivity contribution in [1.29, 1.82) is 0 Å². The van der Waals surface area contributed by atoms with Crippen molar-refractivity contribution in [1.82, 2.24) is 4.90 Å². The van der Waals surface area contributed by atoms with E-state index in [9.17, 15) is 9.59 Å². The van der Waals surface area contributed by atoms with Crippen LogP contribution in [0.4, 0.5) is 0 Å². The average molecular weight is 379 g/mol. The van der Waals surface area contributed by atoms with Crippen LogP contribution in [0.5, 0.6) is 0 Å². The first-order valence-electron chi connectivity index (χ1n) is 6.37. The lowest BCUT2D eigenvalue weighted by Gasteiger charge is -2.21. The highest BCUT2D eigenvalue weighted by molar-refractivity contribution is 9.10. The monoisotopic (exact) mass is 377 g/mol. The van der Waals surface area contributed by atoms with E-state index in [1.807, 2.05) is 0 Å².